The summed E-state index contributed by atoms with van der Waals surface area (Å²) in [5, 5.41) is 3.40. The zero-order chi connectivity index (χ0) is 12.1. The van der Waals surface area contributed by atoms with Gasteiger partial charge in [-0.1, -0.05) is 0 Å². The summed E-state index contributed by atoms with van der Waals surface area (Å²) in [6.45, 7) is 11.0. The van der Waals surface area contributed by atoms with Crippen LogP contribution < -0.4 is 5.32 Å². The maximum Gasteiger partial charge on any atom is 0.0594 e. The topological polar surface area (TPSA) is 26.2 Å². The first kappa shape index (κ1) is 13.3. The van der Waals surface area contributed by atoms with Crippen molar-refractivity contribution in [2.24, 2.45) is 7.05 Å². The molecule has 1 rings (SSSR count). The second kappa shape index (κ2) is 6.06. The molecule has 1 heterocycles. The number of nitrogens with one attached hydrogen (secondary N) is 1. The van der Waals surface area contributed by atoms with Crippen LogP contribution in [0.4, 0.5) is 0 Å². The van der Waals surface area contributed by atoms with Crippen molar-refractivity contribution in [3.63, 3.8) is 0 Å². The largest absolute Gasteiger partial charge is 0.377 e. The highest BCUT2D eigenvalue weighted by Gasteiger charge is 2.04. The number of rotatable bonds is 6. The first-order chi connectivity index (χ1) is 7.52. The molecule has 1 aromatic heterocycles. The van der Waals surface area contributed by atoms with E-state index in [1.165, 1.54) is 17.0 Å². The van der Waals surface area contributed by atoms with Gasteiger partial charge in [0.15, 0.2) is 0 Å². The number of aromatic nitrogens is 1. The van der Waals surface area contributed by atoms with E-state index in [1.807, 2.05) is 0 Å². The second-order valence-electron chi connectivity index (χ2n) is 4.55. The van der Waals surface area contributed by atoms with Gasteiger partial charge >= 0.3 is 0 Å². The number of ether oxygens (including phenoxy) is 1. The number of hydrogen-bond acceptors (Lipinski definition) is 2. The lowest BCUT2D eigenvalue weighted by Crippen LogP contribution is -2.21. The van der Waals surface area contributed by atoms with E-state index in [0.29, 0.717) is 6.10 Å². The molecule has 1 aromatic rings. The van der Waals surface area contributed by atoms with Gasteiger partial charge in [-0.15, -0.1) is 0 Å². The van der Waals surface area contributed by atoms with E-state index < -0.39 is 0 Å². The summed E-state index contributed by atoms with van der Waals surface area (Å²) in [7, 11) is 2.11. The molecule has 92 valence electrons. The van der Waals surface area contributed by atoms with Crippen LogP contribution in [-0.4, -0.2) is 23.8 Å². The van der Waals surface area contributed by atoms with Crippen molar-refractivity contribution in [1.82, 2.24) is 9.88 Å². The molecule has 0 radical (unpaired) electrons. The Kier molecular flexibility index (Phi) is 5.03. The van der Waals surface area contributed by atoms with Gasteiger partial charge in [-0.25, -0.2) is 0 Å². The molecule has 3 nitrogen and oxygen atoms in total. The predicted octanol–water partition coefficient (Wildman–Crippen LogP) is 2.16. The third-order valence-electron chi connectivity index (χ3n) is 2.93. The Morgan fingerprint density at radius 1 is 1.38 bits per heavy atom. The highest BCUT2D eigenvalue weighted by Crippen LogP contribution is 2.12. The molecule has 0 saturated carbocycles. The highest BCUT2D eigenvalue weighted by atomic mass is 16.5. The van der Waals surface area contributed by atoms with Crippen molar-refractivity contribution in [2.45, 2.75) is 40.3 Å². The van der Waals surface area contributed by atoms with E-state index in [1.54, 1.807) is 0 Å². The lowest BCUT2D eigenvalue weighted by Gasteiger charge is -2.08. The molecule has 16 heavy (non-hydrogen) atoms. The quantitative estimate of drug-likeness (QED) is 0.749. The maximum absolute atomic E-state index is 5.47. The molecule has 1 N–H and O–H groups in total. The summed E-state index contributed by atoms with van der Waals surface area (Å²) >= 11 is 0. The summed E-state index contributed by atoms with van der Waals surface area (Å²) in [6, 6.07) is 2.24. The normalized spacial score (nSPS) is 11.4. The van der Waals surface area contributed by atoms with Crippen LogP contribution in [0.5, 0.6) is 0 Å². The number of hydrogen-bond donors (Lipinski definition) is 1. The smallest absolute Gasteiger partial charge is 0.0594 e. The van der Waals surface area contributed by atoms with Crippen LogP contribution in [0.3, 0.4) is 0 Å². The molecule has 0 amide bonds. The third kappa shape index (κ3) is 3.65. The minimum absolute atomic E-state index is 0.322. The summed E-state index contributed by atoms with van der Waals surface area (Å²) < 4.78 is 7.70. The van der Waals surface area contributed by atoms with E-state index in [0.717, 1.165) is 19.7 Å². The van der Waals surface area contributed by atoms with Gasteiger partial charge in [0.05, 0.1) is 12.7 Å². The molecule has 0 atom stereocenters. The third-order valence-corrected chi connectivity index (χ3v) is 2.93. The zero-order valence-electron chi connectivity index (χ0n) is 11.1. The summed E-state index contributed by atoms with van der Waals surface area (Å²) in [5.41, 5.74) is 4.03. The number of aryl methyl sites for hydroxylation is 1. The Balaban J connectivity index is 2.29. The average molecular weight is 224 g/mol. The molecular formula is C13H24N2O. The average Bonchev–Trinajstić information content (AvgIpc) is 2.45. The summed E-state index contributed by atoms with van der Waals surface area (Å²) in [4.78, 5) is 0. The van der Waals surface area contributed by atoms with Gasteiger partial charge in [0, 0.05) is 31.5 Å². The Labute approximate surface area is 98.8 Å². The first-order valence-corrected chi connectivity index (χ1v) is 5.96. The predicted molar refractivity (Wildman–Crippen MR) is 67.7 cm³/mol. The first-order valence-electron chi connectivity index (χ1n) is 5.96. The molecule has 0 fully saturated rings. The lowest BCUT2D eigenvalue weighted by atomic mass is 10.2. The second-order valence-corrected chi connectivity index (χ2v) is 4.55. The van der Waals surface area contributed by atoms with E-state index in [4.69, 9.17) is 4.74 Å². The summed E-state index contributed by atoms with van der Waals surface area (Å²) in [5.74, 6) is 0. The monoisotopic (exact) mass is 224 g/mol. The standard InChI is InChI=1S/C13H24N2O/c1-10(2)16-7-6-14-9-13-8-11(3)15(5)12(13)4/h8,10,14H,6-7,9H2,1-5H3. The SMILES string of the molecule is Cc1cc(CNCCOC(C)C)c(C)n1C. The minimum Gasteiger partial charge on any atom is -0.377 e. The van der Waals surface area contributed by atoms with Crippen LogP contribution in [0, 0.1) is 13.8 Å². The van der Waals surface area contributed by atoms with Gasteiger partial charge in [0.1, 0.15) is 0 Å². The molecule has 3 heteroatoms. The Hall–Kier alpha value is -0.800. The molecule has 0 saturated heterocycles. The molecule has 0 aliphatic carbocycles. The van der Waals surface area contributed by atoms with Crippen LogP contribution >= 0.6 is 0 Å². The van der Waals surface area contributed by atoms with Crippen LogP contribution in [0.15, 0.2) is 6.07 Å². The zero-order valence-corrected chi connectivity index (χ0v) is 11.1. The van der Waals surface area contributed by atoms with Crippen LogP contribution in [0.2, 0.25) is 0 Å². The molecule has 0 aliphatic rings. The van der Waals surface area contributed by atoms with Crippen molar-refractivity contribution in [3.05, 3.63) is 23.0 Å². The van der Waals surface area contributed by atoms with Crippen molar-refractivity contribution >= 4 is 0 Å². The number of nitrogens with zero attached hydrogens (tertiary/aromatic N) is 1. The lowest BCUT2D eigenvalue weighted by molar-refractivity contribution is 0.0807. The minimum atomic E-state index is 0.322. The molecule has 0 aromatic carbocycles. The molecule has 0 aliphatic heterocycles. The highest BCUT2D eigenvalue weighted by molar-refractivity contribution is 5.26. The van der Waals surface area contributed by atoms with Crippen molar-refractivity contribution < 1.29 is 4.74 Å². The van der Waals surface area contributed by atoms with Gasteiger partial charge in [0.2, 0.25) is 0 Å². The van der Waals surface area contributed by atoms with Crippen molar-refractivity contribution in [1.29, 1.82) is 0 Å². The van der Waals surface area contributed by atoms with E-state index in [-0.39, 0.29) is 0 Å². The van der Waals surface area contributed by atoms with E-state index >= 15 is 0 Å². The maximum atomic E-state index is 5.47. The van der Waals surface area contributed by atoms with Crippen LogP contribution in [0.25, 0.3) is 0 Å². The van der Waals surface area contributed by atoms with Crippen molar-refractivity contribution in [2.75, 3.05) is 13.2 Å². The molecule has 0 unspecified atom stereocenters. The van der Waals surface area contributed by atoms with Crippen LogP contribution in [-0.2, 0) is 18.3 Å². The van der Waals surface area contributed by atoms with Gasteiger partial charge in [-0.2, -0.15) is 0 Å². The Bertz CT molecular complexity index is 329. The fourth-order valence-corrected chi connectivity index (χ4v) is 1.70. The van der Waals surface area contributed by atoms with E-state index in [2.05, 4.69) is 50.7 Å². The Morgan fingerprint density at radius 3 is 2.56 bits per heavy atom. The fourth-order valence-electron chi connectivity index (χ4n) is 1.70. The fraction of sp³-hybridized carbons (Fsp3) is 0.692. The van der Waals surface area contributed by atoms with Gasteiger partial charge in [-0.05, 0) is 39.3 Å². The summed E-state index contributed by atoms with van der Waals surface area (Å²) in [6.07, 6.45) is 0.322. The molecule has 0 bridgehead atoms. The van der Waals surface area contributed by atoms with Crippen molar-refractivity contribution in [3.8, 4) is 0 Å². The van der Waals surface area contributed by atoms with Gasteiger partial charge in [-0.3, -0.25) is 0 Å². The van der Waals surface area contributed by atoms with Gasteiger partial charge in [0.25, 0.3) is 0 Å². The molecule has 0 spiro atoms. The van der Waals surface area contributed by atoms with Gasteiger partial charge < -0.3 is 14.6 Å². The Morgan fingerprint density at radius 2 is 2.06 bits per heavy atom. The van der Waals surface area contributed by atoms with Crippen LogP contribution in [0.1, 0.15) is 30.8 Å². The van der Waals surface area contributed by atoms with E-state index in [9.17, 15) is 0 Å². The molecular weight excluding hydrogens is 200 g/mol.